The zero-order valence-electron chi connectivity index (χ0n) is 17.2. The fraction of sp³-hybridized carbons (Fsp3) is 0.200. The molecule has 0 aromatic heterocycles. The fourth-order valence-corrected chi connectivity index (χ4v) is 2.83. The highest BCUT2D eigenvalue weighted by Gasteiger charge is 2.08. The Kier molecular flexibility index (Phi) is 7.61. The molecule has 0 unspecified atom stereocenters. The van der Waals surface area contributed by atoms with Gasteiger partial charge in [0.25, 0.3) is 5.91 Å². The molecule has 5 nitrogen and oxygen atoms in total. The number of rotatable bonds is 9. The molecule has 0 saturated carbocycles. The molecule has 1 amide bonds. The lowest BCUT2D eigenvalue weighted by Crippen LogP contribution is -2.24. The Morgan fingerprint density at radius 3 is 2.37 bits per heavy atom. The number of nitrogens with zero attached hydrogens (tertiary/aromatic N) is 1. The van der Waals surface area contributed by atoms with Crippen molar-refractivity contribution in [2.75, 3.05) is 6.61 Å². The van der Waals surface area contributed by atoms with Crippen molar-refractivity contribution in [1.82, 2.24) is 5.43 Å². The lowest BCUT2D eigenvalue weighted by atomic mass is 10.0. The van der Waals surface area contributed by atoms with E-state index in [9.17, 15) is 4.79 Å². The number of carbonyl (C=O) groups is 1. The zero-order valence-corrected chi connectivity index (χ0v) is 17.2. The largest absolute Gasteiger partial charge is 0.489 e. The quantitative estimate of drug-likeness (QED) is 0.408. The Hall–Kier alpha value is -3.60. The minimum atomic E-state index is -0.312. The van der Waals surface area contributed by atoms with Gasteiger partial charge in [-0.1, -0.05) is 62.4 Å². The number of amides is 1. The summed E-state index contributed by atoms with van der Waals surface area (Å²) in [5.74, 6) is 1.50. The van der Waals surface area contributed by atoms with Crippen molar-refractivity contribution in [3.63, 3.8) is 0 Å². The van der Waals surface area contributed by atoms with Crippen LogP contribution in [0.3, 0.4) is 0 Å². The van der Waals surface area contributed by atoms with Crippen molar-refractivity contribution in [3.8, 4) is 11.5 Å². The number of para-hydroxylation sites is 1. The summed E-state index contributed by atoms with van der Waals surface area (Å²) in [4.78, 5) is 12.0. The molecular formula is C25H26N2O3. The second kappa shape index (κ2) is 10.8. The predicted octanol–water partition coefficient (Wildman–Crippen LogP) is 4.92. The second-order valence-corrected chi connectivity index (χ2v) is 7.12. The number of hydrazone groups is 1. The summed E-state index contributed by atoms with van der Waals surface area (Å²) in [5, 5.41) is 3.99. The van der Waals surface area contributed by atoms with E-state index in [-0.39, 0.29) is 12.5 Å². The van der Waals surface area contributed by atoms with Crippen LogP contribution in [0.1, 0.15) is 36.5 Å². The van der Waals surface area contributed by atoms with Crippen LogP contribution < -0.4 is 14.9 Å². The van der Waals surface area contributed by atoms with Crippen molar-refractivity contribution in [2.45, 2.75) is 26.4 Å². The molecule has 0 aliphatic heterocycles. The van der Waals surface area contributed by atoms with Crippen LogP contribution in [0.2, 0.25) is 0 Å². The first-order chi connectivity index (χ1) is 14.6. The maximum Gasteiger partial charge on any atom is 0.277 e. The average Bonchev–Trinajstić information content (AvgIpc) is 2.78. The van der Waals surface area contributed by atoms with Gasteiger partial charge in [0.05, 0.1) is 6.21 Å². The third-order valence-electron chi connectivity index (χ3n) is 4.43. The van der Waals surface area contributed by atoms with Gasteiger partial charge in [-0.3, -0.25) is 4.79 Å². The Labute approximate surface area is 177 Å². The monoisotopic (exact) mass is 402 g/mol. The van der Waals surface area contributed by atoms with Gasteiger partial charge in [-0.05, 0) is 52.9 Å². The Morgan fingerprint density at radius 1 is 0.933 bits per heavy atom. The minimum absolute atomic E-state index is 0.0899. The van der Waals surface area contributed by atoms with Crippen molar-refractivity contribution in [1.29, 1.82) is 0 Å². The van der Waals surface area contributed by atoms with Crippen molar-refractivity contribution >= 4 is 12.1 Å². The number of hydrogen-bond donors (Lipinski definition) is 1. The molecule has 0 atom stereocenters. The SMILES string of the molecule is CC(C)c1ccccc1OCC(=O)N/N=C/c1ccc(OCc2ccccc2)cc1. The zero-order chi connectivity index (χ0) is 21.2. The molecule has 3 rings (SSSR count). The molecule has 0 saturated heterocycles. The van der Waals surface area contributed by atoms with Gasteiger partial charge in [0.15, 0.2) is 6.61 Å². The molecule has 0 radical (unpaired) electrons. The topological polar surface area (TPSA) is 59.9 Å². The smallest absolute Gasteiger partial charge is 0.277 e. The van der Waals surface area contributed by atoms with E-state index in [2.05, 4.69) is 24.4 Å². The van der Waals surface area contributed by atoms with Crippen molar-refractivity contribution < 1.29 is 14.3 Å². The molecule has 3 aromatic rings. The van der Waals surface area contributed by atoms with Gasteiger partial charge in [-0.2, -0.15) is 5.10 Å². The minimum Gasteiger partial charge on any atom is -0.489 e. The van der Waals surface area contributed by atoms with E-state index >= 15 is 0 Å². The van der Waals surface area contributed by atoms with Crippen molar-refractivity contribution in [2.24, 2.45) is 5.10 Å². The van der Waals surface area contributed by atoms with E-state index in [4.69, 9.17) is 9.47 Å². The van der Waals surface area contributed by atoms with Crippen LogP contribution in [0.5, 0.6) is 11.5 Å². The summed E-state index contributed by atoms with van der Waals surface area (Å²) in [5.41, 5.74) is 5.53. The summed E-state index contributed by atoms with van der Waals surface area (Å²) in [6.07, 6.45) is 1.58. The number of ether oxygens (including phenoxy) is 2. The molecule has 0 bridgehead atoms. The van der Waals surface area contributed by atoms with Crippen LogP contribution in [-0.4, -0.2) is 18.7 Å². The van der Waals surface area contributed by atoms with Gasteiger partial charge in [-0.15, -0.1) is 0 Å². The number of hydrogen-bond acceptors (Lipinski definition) is 4. The van der Waals surface area contributed by atoms with Gasteiger partial charge >= 0.3 is 0 Å². The van der Waals surface area contributed by atoms with Gasteiger partial charge in [-0.25, -0.2) is 5.43 Å². The Morgan fingerprint density at radius 2 is 1.63 bits per heavy atom. The molecule has 0 fully saturated rings. The molecule has 0 aliphatic carbocycles. The second-order valence-electron chi connectivity index (χ2n) is 7.12. The van der Waals surface area contributed by atoms with Crippen LogP contribution in [0.4, 0.5) is 0 Å². The maximum atomic E-state index is 12.0. The number of benzene rings is 3. The van der Waals surface area contributed by atoms with Crippen LogP contribution in [0.25, 0.3) is 0 Å². The first kappa shape index (κ1) is 21.1. The number of nitrogens with one attached hydrogen (secondary N) is 1. The Bertz CT molecular complexity index is 967. The van der Waals surface area contributed by atoms with Crippen LogP contribution >= 0.6 is 0 Å². The lowest BCUT2D eigenvalue weighted by Gasteiger charge is -2.12. The molecule has 5 heteroatoms. The summed E-state index contributed by atoms with van der Waals surface area (Å²) in [7, 11) is 0. The summed E-state index contributed by atoms with van der Waals surface area (Å²) >= 11 is 0. The molecule has 30 heavy (non-hydrogen) atoms. The maximum absolute atomic E-state index is 12.0. The first-order valence-electron chi connectivity index (χ1n) is 9.92. The standard InChI is InChI=1S/C25H26N2O3/c1-19(2)23-10-6-7-11-24(23)30-18-25(28)27-26-16-20-12-14-22(15-13-20)29-17-21-8-4-3-5-9-21/h3-16,19H,17-18H2,1-2H3,(H,27,28)/b26-16+. The normalized spacial score (nSPS) is 10.9. The average molecular weight is 402 g/mol. The Balaban J connectivity index is 1.44. The molecule has 3 aromatic carbocycles. The van der Waals surface area contributed by atoms with Crippen molar-refractivity contribution in [3.05, 3.63) is 95.6 Å². The molecule has 0 aliphatic rings. The van der Waals surface area contributed by atoms with E-state index in [1.807, 2.05) is 78.9 Å². The highest BCUT2D eigenvalue weighted by atomic mass is 16.5. The van der Waals surface area contributed by atoms with E-state index in [1.54, 1.807) is 6.21 Å². The highest BCUT2D eigenvalue weighted by molar-refractivity contribution is 5.83. The van der Waals surface area contributed by atoms with Crippen LogP contribution in [-0.2, 0) is 11.4 Å². The highest BCUT2D eigenvalue weighted by Crippen LogP contribution is 2.25. The lowest BCUT2D eigenvalue weighted by molar-refractivity contribution is -0.123. The van der Waals surface area contributed by atoms with E-state index in [0.29, 0.717) is 12.5 Å². The summed E-state index contributed by atoms with van der Waals surface area (Å²) in [6, 6.07) is 25.2. The van der Waals surface area contributed by atoms with E-state index in [1.165, 1.54) is 0 Å². The third-order valence-corrected chi connectivity index (χ3v) is 4.43. The first-order valence-corrected chi connectivity index (χ1v) is 9.92. The van der Waals surface area contributed by atoms with Gasteiger partial charge < -0.3 is 9.47 Å². The fourth-order valence-electron chi connectivity index (χ4n) is 2.83. The van der Waals surface area contributed by atoms with E-state index < -0.39 is 0 Å². The molecular weight excluding hydrogens is 376 g/mol. The van der Waals surface area contributed by atoms with Gasteiger partial charge in [0.1, 0.15) is 18.1 Å². The third kappa shape index (κ3) is 6.48. The molecule has 0 heterocycles. The predicted molar refractivity (Wildman–Crippen MR) is 119 cm³/mol. The summed E-state index contributed by atoms with van der Waals surface area (Å²) in [6.45, 7) is 4.60. The van der Waals surface area contributed by atoms with Gasteiger partial charge in [0, 0.05) is 0 Å². The molecule has 1 N–H and O–H groups in total. The summed E-state index contributed by atoms with van der Waals surface area (Å²) < 4.78 is 11.4. The van der Waals surface area contributed by atoms with E-state index in [0.717, 1.165) is 28.2 Å². The van der Waals surface area contributed by atoms with Crippen LogP contribution in [0.15, 0.2) is 84.0 Å². The van der Waals surface area contributed by atoms with Crippen LogP contribution in [0, 0.1) is 0 Å². The molecule has 154 valence electrons. The number of carbonyl (C=O) groups excluding carboxylic acids is 1. The van der Waals surface area contributed by atoms with Gasteiger partial charge in [0.2, 0.25) is 0 Å². The molecule has 0 spiro atoms.